The van der Waals surface area contributed by atoms with E-state index in [1.165, 1.54) is 108 Å². The van der Waals surface area contributed by atoms with Crippen LogP contribution in [0.25, 0.3) is 0 Å². The first-order valence-corrected chi connectivity index (χ1v) is 53.7. The average Bonchev–Trinajstić information content (AvgIpc) is 1.66. The summed E-state index contributed by atoms with van der Waals surface area (Å²) in [6, 6.07) is -7.03. The molecule has 48 nitrogen and oxygen atoms in total. The van der Waals surface area contributed by atoms with Crippen LogP contribution in [0.1, 0.15) is 210 Å². The Morgan fingerprint density at radius 1 is 0.517 bits per heavy atom. The number of aromatic nitrogens is 2. The number of hydrogen-bond donors (Lipinski definition) is 27. The summed E-state index contributed by atoms with van der Waals surface area (Å²) >= 11 is 0. The van der Waals surface area contributed by atoms with Crippen LogP contribution in [-0.4, -0.2) is 318 Å². The quantitative estimate of drug-likeness (QED) is 0.0101. The Kier molecular flexibility index (Phi) is 51.2. The highest BCUT2D eigenvalue weighted by atomic mass is 33.1. The molecule has 4 fully saturated rings. The zero-order valence-electron chi connectivity index (χ0n) is 84.8. The van der Waals surface area contributed by atoms with Crippen LogP contribution in [0.2, 0.25) is 0 Å². The largest absolute Gasteiger partial charge is 0.508 e. The van der Waals surface area contributed by atoms with Crippen LogP contribution < -0.4 is 108 Å². The van der Waals surface area contributed by atoms with Crippen LogP contribution in [0.4, 0.5) is 0 Å². The number of unbranched alkanes of at least 4 members (excludes halogenated alkanes) is 10. The highest BCUT2D eigenvalue weighted by Crippen LogP contribution is 2.29. The number of carbonyl (C=O) groups excluding carboxylic acids is 16. The molecule has 0 saturated carbocycles. The number of aliphatic carboxylic acids is 1. The van der Waals surface area contributed by atoms with Crippen molar-refractivity contribution in [2.75, 3.05) is 63.9 Å². The van der Waals surface area contributed by atoms with Crippen LogP contribution in [0.3, 0.4) is 0 Å². The van der Waals surface area contributed by atoms with Crippen molar-refractivity contribution >= 4 is 134 Å². The van der Waals surface area contributed by atoms with Gasteiger partial charge in [-0.25, -0.2) is 9.78 Å². The van der Waals surface area contributed by atoms with Crippen molar-refractivity contribution in [2.24, 2.45) is 28.7 Å². The molecule has 0 unspecified atom stereocenters. The molecular weight excluding hydrogens is 1970 g/mol. The van der Waals surface area contributed by atoms with Gasteiger partial charge in [0.1, 0.15) is 102 Å². The minimum absolute atomic E-state index is 0.00112. The molecule has 1 aromatic heterocycles. The van der Waals surface area contributed by atoms with Gasteiger partial charge in [-0.1, -0.05) is 123 Å². The van der Waals surface area contributed by atoms with E-state index in [0.29, 0.717) is 55.5 Å². The number of phenols is 3. The number of benzene rings is 3. The number of H-pyrrole nitrogens is 1. The standard InChI is InChI=1S/C99H151N27O21S2/c1-4-5-6-7-8-9-10-11-12-15-43-108-68-41-46-109-93(142)78-24-18-47-124(78)94(143)59(3)114-85(134)69(22-16-44-110-98(103)104)116-91(140)76(122-82(131)58(2)113-88(137)75(53-63-54-107-57-112-63)119-83(132)67(101)50-60-27-33-64(127)34-28-60)55-148-149-56-77(123-90(139)74(52-62-31-37-66(129)38-32-62)120-86(135)70(115-84(68)133)23-17-45-111-99(105)106)92(141)121-73(51-61-29-35-65(128)36-30-61)89(138)117-71(39-40-81(102)130)87(136)118-72(21-13-14-42-100)95(144)125-48-19-25-79(125)96(145)126-49-20-26-80(126)97(146)147/h27-38,54,57-59,67-80,108,127-129H,4-26,39-53,55-56,100-101H2,1-3H3,(H2,102,130)(H,107,112)(H,109,142)(H,113,137)(H,114,134)(H,115,133)(H,116,140)(H,117,138)(H,118,136)(H,119,132)(H,120,135)(H,121,141)(H,122,131)(H,123,139)(H,146,147)(H4,103,104,110)(H4,105,106,111)/t58-,59-,67-,68-,69-,70-,71-,72-,73-,74-,75-,76-,77-,78+,79+,80-/m0/s1. The highest BCUT2D eigenvalue weighted by Gasteiger charge is 2.46. The van der Waals surface area contributed by atoms with E-state index in [9.17, 15) is 68.4 Å². The molecule has 16 atom stereocenters. The number of fused-ring (bicyclic) bond motifs is 1. The molecule has 16 amide bonds. The van der Waals surface area contributed by atoms with E-state index < -0.39 is 246 Å². The van der Waals surface area contributed by atoms with Gasteiger partial charge in [0.25, 0.3) is 0 Å². The Morgan fingerprint density at radius 2 is 1.04 bits per heavy atom. The first-order chi connectivity index (χ1) is 71.3. The zero-order valence-corrected chi connectivity index (χ0v) is 86.5. The molecule has 4 aromatic rings. The van der Waals surface area contributed by atoms with Crippen molar-refractivity contribution in [3.8, 4) is 17.2 Å². The Bertz CT molecular complexity index is 5110. The smallest absolute Gasteiger partial charge is 0.326 e. The van der Waals surface area contributed by atoms with Crippen molar-refractivity contribution in [3.05, 3.63) is 108 Å². The van der Waals surface area contributed by atoms with Crippen molar-refractivity contribution in [1.29, 1.82) is 10.8 Å². The summed E-state index contributed by atoms with van der Waals surface area (Å²) in [5.41, 5.74) is 30.9. The maximum absolute atomic E-state index is 16.0. The third-order valence-electron chi connectivity index (χ3n) is 26.2. The molecular formula is C99H151N27O21S2. The number of guanidine groups is 2. The first-order valence-electron chi connectivity index (χ1n) is 51.3. The minimum atomic E-state index is -1.92. The molecule has 50 heteroatoms. The van der Waals surface area contributed by atoms with E-state index in [1.807, 2.05) is 0 Å². The number of nitrogens with zero attached hydrogens (tertiary/aromatic N) is 4. The molecule has 4 aliphatic heterocycles. The third kappa shape index (κ3) is 41.1. The van der Waals surface area contributed by atoms with Crippen LogP contribution >= 0.6 is 21.6 Å². The number of hydrogen-bond acceptors (Lipinski definition) is 28. The molecule has 8 rings (SSSR count). The maximum atomic E-state index is 16.0. The van der Waals surface area contributed by atoms with Crippen molar-refractivity contribution < 1.29 is 102 Å². The summed E-state index contributed by atoms with van der Waals surface area (Å²) in [7, 11) is 1.53. The van der Waals surface area contributed by atoms with Crippen molar-refractivity contribution in [2.45, 2.75) is 310 Å². The van der Waals surface area contributed by atoms with E-state index >= 15 is 33.6 Å². The van der Waals surface area contributed by atoms with Gasteiger partial charge in [-0.15, -0.1) is 0 Å². The van der Waals surface area contributed by atoms with Gasteiger partial charge in [-0.3, -0.25) is 87.5 Å². The molecule has 32 N–H and O–H groups in total. The van der Waals surface area contributed by atoms with E-state index in [2.05, 4.69) is 96.6 Å². The Morgan fingerprint density at radius 3 is 1.63 bits per heavy atom. The van der Waals surface area contributed by atoms with Crippen LogP contribution in [0, 0.1) is 10.8 Å². The summed E-state index contributed by atoms with van der Waals surface area (Å²) < 4.78 is 0. The summed E-state index contributed by atoms with van der Waals surface area (Å²) in [5, 5.41) is 98.1. The topological polar surface area (TPSA) is 768 Å². The van der Waals surface area contributed by atoms with Crippen LogP contribution in [-0.2, 0) is 107 Å². The number of likely N-dealkylation sites (tertiary alicyclic amines) is 2. The fraction of sp³-hybridized carbons (Fsp3) is 0.596. The molecule has 820 valence electrons. The lowest BCUT2D eigenvalue weighted by Crippen LogP contribution is -2.61. The summed E-state index contributed by atoms with van der Waals surface area (Å²) in [4.78, 5) is 262. The van der Waals surface area contributed by atoms with Gasteiger partial charge in [-0.2, -0.15) is 0 Å². The number of nitrogens with one attached hydrogen (secondary N) is 18. The van der Waals surface area contributed by atoms with E-state index in [1.54, 1.807) is 12.1 Å². The Labute approximate surface area is 874 Å². The summed E-state index contributed by atoms with van der Waals surface area (Å²) in [5.74, 6) is -18.3. The van der Waals surface area contributed by atoms with Gasteiger partial charge in [0.15, 0.2) is 11.9 Å². The third-order valence-corrected chi connectivity index (χ3v) is 28.6. The SMILES string of the molecule is CCCCCCCCCCCCN[C@H]1CCNC(=O)[C@H]2CCCN2C(=O)[C@H](C)NC(=O)[C@H](CCCNC(=N)N)NC(=O)[C@@H](NC(=O)[C@H](C)NC(=O)[C@H](Cc2cnc[nH]2)NC(=O)[C@@H](N)Cc2ccc(O)cc2)CSSC[C@@H](C(=O)N[C@@H](Cc2ccc(O)cc2)C(=O)N[C@@H](CCC(N)=O)C(=O)N[C@@H](CCCCN)C(=O)N2CCC[C@@H]2C(=O)N2CCC[C@H]2C(=O)O)NC(=O)[C@H](Cc2ccc(O)cc2)NC(=O)[C@H](CCCNC(=N)N)NC1=O. The molecule has 5 heterocycles. The average molecular weight is 2120 g/mol. The fourth-order valence-corrected chi connectivity index (χ4v) is 20.2. The lowest BCUT2D eigenvalue weighted by molar-refractivity contribution is -0.152. The number of phenolic OH excluding ortho intramolecular Hbond substituents is 3. The second-order valence-corrected chi connectivity index (χ2v) is 40.6. The predicted octanol–water partition coefficient (Wildman–Crippen LogP) is -1.74. The molecule has 4 aliphatic rings. The number of carboxylic acids is 1. The van der Waals surface area contributed by atoms with Crippen molar-refractivity contribution in [1.82, 2.24) is 104 Å². The monoisotopic (exact) mass is 2120 g/mol. The van der Waals surface area contributed by atoms with Gasteiger partial charge in [0.2, 0.25) is 94.5 Å². The van der Waals surface area contributed by atoms with Gasteiger partial charge in [0, 0.05) is 88.3 Å². The summed E-state index contributed by atoms with van der Waals surface area (Å²) in [6.07, 6.45) is 12.2. The molecule has 0 spiro atoms. The van der Waals surface area contributed by atoms with Gasteiger partial charge in [0.05, 0.1) is 18.4 Å². The predicted molar refractivity (Wildman–Crippen MR) is 556 cm³/mol. The van der Waals surface area contributed by atoms with E-state index in [-0.39, 0.29) is 146 Å². The summed E-state index contributed by atoms with van der Waals surface area (Å²) in [6.45, 7) is 5.27. The maximum Gasteiger partial charge on any atom is 0.326 e. The molecule has 0 radical (unpaired) electrons. The second kappa shape index (κ2) is 63.3. The van der Waals surface area contributed by atoms with Gasteiger partial charge >= 0.3 is 5.97 Å². The number of primary amides is 1. The number of carboxylic acid groups (broad SMARTS) is 1. The molecule has 4 saturated heterocycles. The fourth-order valence-electron chi connectivity index (χ4n) is 17.9. The molecule has 149 heavy (non-hydrogen) atoms. The normalized spacial score (nSPS) is 21.2. The number of carbonyl (C=O) groups is 17. The number of aromatic amines is 1. The zero-order chi connectivity index (χ0) is 109. The van der Waals surface area contributed by atoms with Crippen LogP contribution in [0.15, 0.2) is 85.3 Å². The second-order valence-electron chi connectivity index (χ2n) is 38.0. The number of imidazole rings is 1. The molecule has 3 aromatic carbocycles. The Hall–Kier alpha value is -13.6. The van der Waals surface area contributed by atoms with Crippen molar-refractivity contribution in [3.63, 3.8) is 0 Å². The van der Waals surface area contributed by atoms with E-state index in [4.69, 9.17) is 39.5 Å². The highest BCUT2D eigenvalue weighted by molar-refractivity contribution is 8.76. The number of aromatic hydroxyl groups is 3. The lowest BCUT2D eigenvalue weighted by Gasteiger charge is -2.33. The van der Waals surface area contributed by atoms with Gasteiger partial charge in [-0.05, 0) is 189 Å². The first kappa shape index (κ1) is 121. The lowest BCUT2D eigenvalue weighted by atomic mass is 10.0. The Balaban J connectivity index is 1.21. The van der Waals surface area contributed by atoms with Gasteiger partial charge < -0.3 is 149 Å². The minimum Gasteiger partial charge on any atom is -0.508 e. The molecule has 0 aliphatic carbocycles. The number of nitrogens with two attached hydrogens (primary N) is 5. The number of amides is 16. The van der Waals surface area contributed by atoms with E-state index in [0.717, 1.165) is 73.0 Å². The number of rotatable bonds is 50. The molecule has 0 bridgehead atoms. The van der Waals surface area contributed by atoms with Crippen LogP contribution in [0.5, 0.6) is 17.2 Å².